The van der Waals surface area contributed by atoms with Gasteiger partial charge in [-0.15, -0.1) is 0 Å². The second-order valence-corrected chi connectivity index (χ2v) is 5.90. The standard InChI is InChI=1S/C15H17NO5/c17-9-3-4-11(18)10(6-9)14(19)16-13-8-2-1-7(5-8)12(13)15(20)21/h3-4,6-8,12-13,17-18H,1-2,5H2,(H,16,19)(H,20,21). The first-order valence-corrected chi connectivity index (χ1v) is 7.03. The van der Waals surface area contributed by atoms with Crippen molar-refractivity contribution in [2.75, 3.05) is 0 Å². The highest BCUT2D eigenvalue weighted by molar-refractivity contribution is 5.97. The third kappa shape index (κ3) is 2.30. The smallest absolute Gasteiger partial charge is 0.308 e. The zero-order valence-electron chi connectivity index (χ0n) is 11.3. The molecule has 0 saturated heterocycles. The zero-order valence-corrected chi connectivity index (χ0v) is 11.3. The largest absolute Gasteiger partial charge is 0.508 e. The number of aromatic hydroxyl groups is 2. The van der Waals surface area contributed by atoms with Gasteiger partial charge in [0.05, 0.1) is 11.5 Å². The lowest BCUT2D eigenvalue weighted by atomic mass is 9.84. The van der Waals surface area contributed by atoms with E-state index >= 15 is 0 Å². The van der Waals surface area contributed by atoms with Gasteiger partial charge in [-0.3, -0.25) is 9.59 Å². The summed E-state index contributed by atoms with van der Waals surface area (Å²) >= 11 is 0. The molecule has 0 radical (unpaired) electrons. The van der Waals surface area contributed by atoms with Gasteiger partial charge in [0.25, 0.3) is 5.91 Å². The number of aliphatic carboxylic acids is 1. The normalized spacial score (nSPS) is 30.3. The van der Waals surface area contributed by atoms with Crippen molar-refractivity contribution in [3.05, 3.63) is 23.8 Å². The fraction of sp³-hybridized carbons (Fsp3) is 0.467. The average molecular weight is 291 g/mol. The number of phenols is 2. The maximum absolute atomic E-state index is 12.2. The molecule has 1 aromatic carbocycles. The molecule has 1 aromatic rings. The summed E-state index contributed by atoms with van der Waals surface area (Å²) in [7, 11) is 0. The number of phenolic OH excluding ortho intramolecular Hbond substituents is 2. The van der Waals surface area contributed by atoms with Gasteiger partial charge in [-0.1, -0.05) is 0 Å². The van der Waals surface area contributed by atoms with Crippen LogP contribution in [0.4, 0.5) is 0 Å². The van der Waals surface area contributed by atoms with Crippen LogP contribution in [-0.2, 0) is 4.79 Å². The predicted molar refractivity (Wildman–Crippen MR) is 73.0 cm³/mol. The number of nitrogens with one attached hydrogen (secondary N) is 1. The number of amides is 1. The second kappa shape index (κ2) is 4.95. The number of benzene rings is 1. The summed E-state index contributed by atoms with van der Waals surface area (Å²) in [4.78, 5) is 23.6. The van der Waals surface area contributed by atoms with Crippen LogP contribution in [0.1, 0.15) is 29.6 Å². The Labute approximate surface area is 121 Å². The lowest BCUT2D eigenvalue weighted by molar-refractivity contribution is -0.144. The number of carboxylic acid groups (broad SMARTS) is 1. The summed E-state index contributed by atoms with van der Waals surface area (Å²) in [5, 5.41) is 31.2. The molecule has 0 spiro atoms. The molecule has 4 N–H and O–H groups in total. The molecule has 2 saturated carbocycles. The molecule has 0 aliphatic heterocycles. The molecule has 2 fully saturated rings. The molecule has 2 aliphatic carbocycles. The summed E-state index contributed by atoms with van der Waals surface area (Å²) in [6.07, 6.45) is 2.64. The molecule has 21 heavy (non-hydrogen) atoms. The Morgan fingerprint density at radius 3 is 2.57 bits per heavy atom. The minimum atomic E-state index is -0.882. The van der Waals surface area contributed by atoms with E-state index in [0.29, 0.717) is 0 Å². The number of hydrogen-bond acceptors (Lipinski definition) is 4. The zero-order chi connectivity index (χ0) is 15.1. The van der Waals surface area contributed by atoms with E-state index in [4.69, 9.17) is 0 Å². The average Bonchev–Trinajstić information content (AvgIpc) is 3.02. The number of hydrogen-bond donors (Lipinski definition) is 4. The highest BCUT2D eigenvalue weighted by Crippen LogP contribution is 2.48. The van der Waals surface area contributed by atoms with Crippen LogP contribution in [0.2, 0.25) is 0 Å². The maximum Gasteiger partial charge on any atom is 0.308 e. The molecule has 2 bridgehead atoms. The summed E-state index contributed by atoms with van der Waals surface area (Å²) in [5.41, 5.74) is -0.0399. The van der Waals surface area contributed by atoms with Gasteiger partial charge in [0.2, 0.25) is 0 Å². The van der Waals surface area contributed by atoms with Gasteiger partial charge in [-0.2, -0.15) is 0 Å². The Kier molecular flexibility index (Phi) is 3.23. The Balaban J connectivity index is 1.81. The van der Waals surface area contributed by atoms with Gasteiger partial charge in [0, 0.05) is 6.04 Å². The van der Waals surface area contributed by atoms with Crippen LogP contribution in [-0.4, -0.2) is 33.2 Å². The quantitative estimate of drug-likeness (QED) is 0.628. The lowest BCUT2D eigenvalue weighted by Crippen LogP contribution is -2.46. The van der Waals surface area contributed by atoms with Gasteiger partial charge in [-0.05, 0) is 49.3 Å². The van der Waals surface area contributed by atoms with Gasteiger partial charge >= 0.3 is 5.97 Å². The molecule has 4 unspecified atom stereocenters. The minimum Gasteiger partial charge on any atom is -0.508 e. The number of rotatable bonds is 3. The molecule has 6 heteroatoms. The maximum atomic E-state index is 12.2. The summed E-state index contributed by atoms with van der Waals surface area (Å²) in [6, 6.07) is 3.28. The molecule has 4 atom stereocenters. The van der Waals surface area contributed by atoms with Crippen LogP contribution in [0.3, 0.4) is 0 Å². The van der Waals surface area contributed by atoms with Crippen LogP contribution >= 0.6 is 0 Å². The van der Waals surface area contributed by atoms with E-state index in [1.54, 1.807) is 0 Å². The van der Waals surface area contributed by atoms with Crippen LogP contribution in [0.15, 0.2) is 18.2 Å². The Hall–Kier alpha value is -2.24. The van der Waals surface area contributed by atoms with E-state index in [2.05, 4.69) is 5.32 Å². The molecular formula is C15H17NO5. The highest BCUT2D eigenvalue weighted by atomic mass is 16.4. The molecule has 3 rings (SSSR count). The van der Waals surface area contributed by atoms with Crippen LogP contribution in [0, 0.1) is 17.8 Å². The van der Waals surface area contributed by atoms with Crippen molar-refractivity contribution in [2.24, 2.45) is 17.8 Å². The predicted octanol–water partition coefficient (Wildman–Crippen LogP) is 1.33. The van der Waals surface area contributed by atoms with Crippen molar-refractivity contribution in [1.82, 2.24) is 5.32 Å². The number of fused-ring (bicyclic) bond motifs is 2. The fourth-order valence-corrected chi connectivity index (χ4v) is 3.79. The van der Waals surface area contributed by atoms with E-state index in [1.807, 2.05) is 0 Å². The van der Waals surface area contributed by atoms with Gasteiger partial charge in [-0.25, -0.2) is 0 Å². The molecule has 0 aromatic heterocycles. The van der Waals surface area contributed by atoms with Crippen molar-refractivity contribution in [3.8, 4) is 11.5 Å². The molecule has 0 heterocycles. The Morgan fingerprint density at radius 1 is 1.14 bits per heavy atom. The monoisotopic (exact) mass is 291 g/mol. The molecule has 112 valence electrons. The van der Waals surface area contributed by atoms with E-state index in [1.165, 1.54) is 18.2 Å². The molecule has 1 amide bonds. The van der Waals surface area contributed by atoms with Crippen molar-refractivity contribution in [1.29, 1.82) is 0 Å². The molecule has 2 aliphatic rings. The van der Waals surface area contributed by atoms with Gasteiger partial charge < -0.3 is 20.6 Å². The third-order valence-corrected chi connectivity index (χ3v) is 4.72. The third-order valence-electron chi connectivity index (χ3n) is 4.72. The summed E-state index contributed by atoms with van der Waals surface area (Å²) in [5.74, 6) is -2.05. The van der Waals surface area contributed by atoms with Gasteiger partial charge in [0.1, 0.15) is 11.5 Å². The van der Waals surface area contributed by atoms with E-state index < -0.39 is 23.8 Å². The fourth-order valence-electron chi connectivity index (χ4n) is 3.79. The lowest BCUT2D eigenvalue weighted by Gasteiger charge is -2.28. The van der Waals surface area contributed by atoms with Crippen LogP contribution < -0.4 is 5.32 Å². The van der Waals surface area contributed by atoms with E-state index in [9.17, 15) is 24.9 Å². The van der Waals surface area contributed by atoms with Crippen molar-refractivity contribution >= 4 is 11.9 Å². The topological polar surface area (TPSA) is 107 Å². The highest BCUT2D eigenvalue weighted by Gasteiger charge is 2.51. The second-order valence-electron chi connectivity index (χ2n) is 5.90. The van der Waals surface area contributed by atoms with Gasteiger partial charge in [0.15, 0.2) is 0 Å². The first-order chi connectivity index (χ1) is 9.97. The van der Waals surface area contributed by atoms with Crippen LogP contribution in [0.25, 0.3) is 0 Å². The minimum absolute atomic E-state index is 0.0399. The number of carbonyl (C=O) groups excluding carboxylic acids is 1. The molecule has 6 nitrogen and oxygen atoms in total. The van der Waals surface area contributed by atoms with E-state index in [-0.39, 0.29) is 28.9 Å². The van der Waals surface area contributed by atoms with E-state index in [0.717, 1.165) is 19.3 Å². The van der Waals surface area contributed by atoms with Crippen molar-refractivity contribution in [2.45, 2.75) is 25.3 Å². The SMILES string of the molecule is O=C(NC1C2CCC(C2)C1C(=O)O)c1cc(O)ccc1O. The Bertz CT molecular complexity index is 600. The van der Waals surface area contributed by atoms with Crippen molar-refractivity contribution < 1.29 is 24.9 Å². The first kappa shape index (κ1) is 13.7. The number of carbonyl (C=O) groups is 2. The first-order valence-electron chi connectivity index (χ1n) is 7.03. The summed E-state index contributed by atoms with van der Waals surface area (Å²) < 4.78 is 0. The number of carboxylic acids is 1. The Morgan fingerprint density at radius 2 is 1.86 bits per heavy atom. The van der Waals surface area contributed by atoms with Crippen LogP contribution in [0.5, 0.6) is 11.5 Å². The van der Waals surface area contributed by atoms with Crippen molar-refractivity contribution in [3.63, 3.8) is 0 Å². The summed E-state index contributed by atoms with van der Waals surface area (Å²) in [6.45, 7) is 0. The molecular weight excluding hydrogens is 274 g/mol.